The Labute approximate surface area is 183 Å². The van der Waals surface area contributed by atoms with Gasteiger partial charge in [0.05, 0.1) is 29.8 Å². The molecule has 1 N–H and O–H groups in total. The molecule has 0 spiro atoms. The number of hydrogen-bond donors (Lipinski definition) is 1. The molecule has 0 aliphatic carbocycles. The SMILES string of the molecule is CC(C)(C)OC(=O)N1CCc2cnc(Nc3ccc(C(C)(C)S(C)(=O)=O)nc3)nc2C1. The molecule has 3 heterocycles. The zero-order valence-corrected chi connectivity index (χ0v) is 19.6. The molecule has 0 atom stereocenters. The lowest BCUT2D eigenvalue weighted by molar-refractivity contribution is 0.0220. The average Bonchev–Trinajstić information content (AvgIpc) is 2.65. The molecule has 0 bridgehead atoms. The van der Waals surface area contributed by atoms with E-state index in [1.807, 2.05) is 20.8 Å². The Morgan fingerprint density at radius 1 is 1.13 bits per heavy atom. The number of rotatable bonds is 4. The molecule has 0 aromatic carbocycles. The van der Waals surface area contributed by atoms with Crippen molar-refractivity contribution in [3.63, 3.8) is 0 Å². The number of nitrogens with one attached hydrogen (secondary N) is 1. The van der Waals surface area contributed by atoms with Crippen LogP contribution in [0.4, 0.5) is 16.4 Å². The second-order valence-electron chi connectivity index (χ2n) is 9.16. The molecule has 0 saturated carbocycles. The van der Waals surface area contributed by atoms with Gasteiger partial charge in [-0.05, 0) is 58.7 Å². The Morgan fingerprint density at radius 2 is 1.84 bits per heavy atom. The first-order valence-corrected chi connectivity index (χ1v) is 11.9. The quantitative estimate of drug-likeness (QED) is 0.760. The number of aromatic nitrogens is 3. The van der Waals surface area contributed by atoms with Gasteiger partial charge in [0.2, 0.25) is 5.95 Å². The number of sulfone groups is 1. The second-order valence-corrected chi connectivity index (χ2v) is 11.7. The minimum absolute atomic E-state index is 0.348. The predicted octanol–water partition coefficient (Wildman–Crippen LogP) is 3.19. The van der Waals surface area contributed by atoms with E-state index in [-0.39, 0.29) is 6.09 Å². The number of ether oxygens (including phenoxy) is 1. The molecule has 2 aromatic heterocycles. The standard InChI is InChI=1S/C21H29N5O4S/c1-20(2,3)30-19(27)26-10-9-14-11-23-18(25-16(14)13-26)24-15-7-8-17(22-12-15)21(4,5)31(6,28)29/h7-8,11-12H,9-10,13H2,1-6H3,(H,23,24,25). The van der Waals surface area contributed by atoms with Crippen molar-refractivity contribution < 1.29 is 17.9 Å². The van der Waals surface area contributed by atoms with Crippen molar-refractivity contribution in [3.05, 3.63) is 41.5 Å². The van der Waals surface area contributed by atoms with Crippen LogP contribution in [-0.2, 0) is 32.3 Å². The molecule has 0 radical (unpaired) electrons. The zero-order valence-electron chi connectivity index (χ0n) is 18.8. The third-order valence-electron chi connectivity index (χ3n) is 5.16. The number of pyridine rings is 1. The van der Waals surface area contributed by atoms with Gasteiger partial charge >= 0.3 is 6.09 Å². The monoisotopic (exact) mass is 447 g/mol. The summed E-state index contributed by atoms with van der Waals surface area (Å²) in [5.41, 5.74) is 2.29. The lowest BCUT2D eigenvalue weighted by Crippen LogP contribution is -2.40. The van der Waals surface area contributed by atoms with Crippen molar-refractivity contribution >= 4 is 27.6 Å². The van der Waals surface area contributed by atoms with E-state index in [0.717, 1.165) is 11.3 Å². The van der Waals surface area contributed by atoms with E-state index in [1.165, 1.54) is 6.26 Å². The Morgan fingerprint density at radius 3 is 2.42 bits per heavy atom. The van der Waals surface area contributed by atoms with E-state index in [2.05, 4.69) is 20.3 Å². The lowest BCUT2D eigenvalue weighted by Gasteiger charge is -2.30. The highest BCUT2D eigenvalue weighted by molar-refractivity contribution is 7.91. The Balaban J connectivity index is 1.74. The molecular weight excluding hydrogens is 418 g/mol. The first kappa shape index (κ1) is 22.9. The molecule has 0 unspecified atom stereocenters. The molecule has 0 saturated heterocycles. The van der Waals surface area contributed by atoms with Crippen LogP contribution in [0.2, 0.25) is 0 Å². The number of nitrogens with zero attached hydrogens (tertiary/aromatic N) is 4. The average molecular weight is 448 g/mol. The summed E-state index contributed by atoms with van der Waals surface area (Å²) in [6.45, 7) is 9.67. The molecule has 3 rings (SSSR count). The molecule has 9 nitrogen and oxygen atoms in total. The predicted molar refractivity (Wildman–Crippen MR) is 118 cm³/mol. The highest BCUT2D eigenvalue weighted by Crippen LogP contribution is 2.28. The summed E-state index contributed by atoms with van der Waals surface area (Å²) in [5.74, 6) is 0.377. The molecule has 31 heavy (non-hydrogen) atoms. The van der Waals surface area contributed by atoms with Gasteiger partial charge in [0.25, 0.3) is 0 Å². The van der Waals surface area contributed by atoms with E-state index in [1.54, 1.807) is 43.3 Å². The summed E-state index contributed by atoms with van der Waals surface area (Å²) >= 11 is 0. The van der Waals surface area contributed by atoms with Crippen molar-refractivity contribution in [2.24, 2.45) is 0 Å². The van der Waals surface area contributed by atoms with Gasteiger partial charge in [-0.1, -0.05) is 0 Å². The van der Waals surface area contributed by atoms with E-state index in [9.17, 15) is 13.2 Å². The van der Waals surface area contributed by atoms with Crippen LogP contribution in [0.15, 0.2) is 24.5 Å². The smallest absolute Gasteiger partial charge is 0.410 e. The molecule has 1 aliphatic heterocycles. The fraction of sp³-hybridized carbons (Fsp3) is 0.524. The minimum atomic E-state index is -3.31. The van der Waals surface area contributed by atoms with Gasteiger partial charge in [0.15, 0.2) is 9.84 Å². The topological polar surface area (TPSA) is 114 Å². The number of anilines is 2. The Bertz CT molecular complexity index is 1080. The van der Waals surface area contributed by atoms with E-state index in [4.69, 9.17) is 4.74 Å². The van der Waals surface area contributed by atoms with Crippen LogP contribution in [-0.4, -0.2) is 52.8 Å². The maximum absolute atomic E-state index is 12.4. The van der Waals surface area contributed by atoms with E-state index in [0.29, 0.717) is 36.8 Å². The number of fused-ring (bicyclic) bond motifs is 1. The second kappa shape index (κ2) is 8.07. The maximum Gasteiger partial charge on any atom is 0.410 e. The van der Waals surface area contributed by atoms with Gasteiger partial charge in [-0.3, -0.25) is 4.98 Å². The fourth-order valence-electron chi connectivity index (χ4n) is 2.99. The third-order valence-corrected chi connectivity index (χ3v) is 7.22. The van der Waals surface area contributed by atoms with Crippen LogP contribution in [0.25, 0.3) is 0 Å². The normalized spacial score (nSPS) is 14.7. The number of carbonyl (C=O) groups is 1. The zero-order chi connectivity index (χ0) is 23.0. The summed E-state index contributed by atoms with van der Waals surface area (Å²) < 4.78 is 28.4. The summed E-state index contributed by atoms with van der Waals surface area (Å²) in [7, 11) is -3.31. The Kier molecular flexibility index (Phi) is 5.96. The van der Waals surface area contributed by atoms with Crippen LogP contribution in [0.1, 0.15) is 51.6 Å². The van der Waals surface area contributed by atoms with Crippen molar-refractivity contribution in [2.75, 3.05) is 18.1 Å². The summed E-state index contributed by atoms with van der Waals surface area (Å²) in [6.07, 6.45) is 4.80. The molecule has 1 aliphatic rings. The fourth-order valence-corrected chi connectivity index (χ4v) is 3.49. The van der Waals surface area contributed by atoms with Crippen molar-refractivity contribution in [3.8, 4) is 0 Å². The first-order valence-electron chi connectivity index (χ1n) is 10.0. The molecule has 168 valence electrons. The maximum atomic E-state index is 12.4. The summed E-state index contributed by atoms with van der Waals surface area (Å²) in [6, 6.07) is 3.41. The number of hydrogen-bond acceptors (Lipinski definition) is 8. The first-order chi connectivity index (χ1) is 14.3. The molecule has 0 fully saturated rings. The molecule has 10 heteroatoms. The van der Waals surface area contributed by atoms with Gasteiger partial charge in [0, 0.05) is 19.0 Å². The van der Waals surface area contributed by atoms with E-state index >= 15 is 0 Å². The molecular formula is C21H29N5O4S. The van der Waals surface area contributed by atoms with Gasteiger partial charge in [-0.15, -0.1) is 0 Å². The highest BCUT2D eigenvalue weighted by atomic mass is 32.2. The van der Waals surface area contributed by atoms with Crippen LogP contribution >= 0.6 is 0 Å². The largest absolute Gasteiger partial charge is 0.444 e. The van der Waals surface area contributed by atoms with Gasteiger partial charge in [-0.2, -0.15) is 0 Å². The van der Waals surface area contributed by atoms with Crippen LogP contribution in [0.5, 0.6) is 0 Å². The molecule has 1 amide bonds. The summed E-state index contributed by atoms with van der Waals surface area (Å²) in [4.78, 5) is 27.2. The van der Waals surface area contributed by atoms with Crippen molar-refractivity contribution in [2.45, 2.75) is 57.9 Å². The van der Waals surface area contributed by atoms with Crippen molar-refractivity contribution in [1.29, 1.82) is 0 Å². The Hall–Kier alpha value is -2.75. The lowest BCUT2D eigenvalue weighted by atomic mass is 10.1. The summed E-state index contributed by atoms with van der Waals surface area (Å²) in [5, 5.41) is 3.08. The van der Waals surface area contributed by atoms with Gasteiger partial charge in [0.1, 0.15) is 10.3 Å². The van der Waals surface area contributed by atoms with Gasteiger partial charge in [-0.25, -0.2) is 23.2 Å². The van der Waals surface area contributed by atoms with Crippen LogP contribution < -0.4 is 5.32 Å². The van der Waals surface area contributed by atoms with Crippen molar-refractivity contribution in [1.82, 2.24) is 19.9 Å². The van der Waals surface area contributed by atoms with Crippen LogP contribution in [0.3, 0.4) is 0 Å². The minimum Gasteiger partial charge on any atom is -0.444 e. The van der Waals surface area contributed by atoms with E-state index < -0.39 is 20.2 Å². The highest BCUT2D eigenvalue weighted by Gasteiger charge is 2.33. The number of carbonyl (C=O) groups excluding carboxylic acids is 1. The molecule has 2 aromatic rings. The van der Waals surface area contributed by atoms with Crippen LogP contribution in [0, 0.1) is 0 Å². The third kappa shape index (κ3) is 5.30. The van der Waals surface area contributed by atoms with Gasteiger partial charge < -0.3 is 15.0 Å². The number of amides is 1.